The third-order valence-electron chi connectivity index (χ3n) is 2.27. The molecular weight excluding hydrogens is 154 g/mol. The van der Waals surface area contributed by atoms with Gasteiger partial charge in [0.15, 0.2) is 0 Å². The molecule has 0 atom stereocenters. The van der Waals surface area contributed by atoms with Crippen molar-refractivity contribution < 1.29 is 5.11 Å². The quantitative estimate of drug-likeness (QED) is 0.603. The first-order chi connectivity index (χ1) is 5.71. The highest BCUT2D eigenvalue weighted by molar-refractivity contribution is 5.16. The van der Waals surface area contributed by atoms with E-state index in [1.165, 1.54) is 0 Å². The maximum Gasteiger partial charge on any atom is 0.0787 e. The number of aromatic nitrogens is 2. The summed E-state index contributed by atoms with van der Waals surface area (Å²) in [6.07, 6.45) is 5.80. The van der Waals surface area contributed by atoms with Crippen LogP contribution in [0.25, 0.3) is 0 Å². The summed E-state index contributed by atoms with van der Waals surface area (Å²) < 4.78 is 0. The Balaban J connectivity index is 2.21. The summed E-state index contributed by atoms with van der Waals surface area (Å²) in [6.45, 7) is 0. The number of hydrogen-bond acceptors (Lipinski definition) is 4. The van der Waals surface area contributed by atoms with Crippen LogP contribution in [0.15, 0.2) is 18.6 Å². The minimum Gasteiger partial charge on any atom is -0.393 e. The van der Waals surface area contributed by atoms with Crippen molar-refractivity contribution in [1.29, 1.82) is 0 Å². The van der Waals surface area contributed by atoms with E-state index in [1.807, 2.05) is 0 Å². The molecule has 2 rings (SSSR count). The van der Waals surface area contributed by atoms with E-state index >= 15 is 0 Å². The standard InChI is InChI=1S/C8H11N3O/c9-8(3-6(12)4-8)7-5-10-1-2-11-7/h1-2,5-6,12H,3-4,9H2. The van der Waals surface area contributed by atoms with E-state index in [9.17, 15) is 0 Å². The second-order valence-corrected chi connectivity index (χ2v) is 3.31. The van der Waals surface area contributed by atoms with Crippen molar-refractivity contribution in [3.63, 3.8) is 0 Å². The average molecular weight is 165 g/mol. The van der Waals surface area contributed by atoms with Crippen LogP contribution in [-0.4, -0.2) is 21.2 Å². The molecule has 1 aliphatic rings. The second-order valence-electron chi connectivity index (χ2n) is 3.31. The Kier molecular flexibility index (Phi) is 1.59. The highest BCUT2D eigenvalue weighted by atomic mass is 16.3. The monoisotopic (exact) mass is 165 g/mol. The fourth-order valence-corrected chi connectivity index (χ4v) is 1.55. The van der Waals surface area contributed by atoms with Gasteiger partial charge in [-0.3, -0.25) is 9.97 Å². The Hall–Kier alpha value is -1.00. The zero-order valence-corrected chi connectivity index (χ0v) is 6.64. The van der Waals surface area contributed by atoms with Gasteiger partial charge in [-0.15, -0.1) is 0 Å². The molecule has 64 valence electrons. The van der Waals surface area contributed by atoms with E-state index in [2.05, 4.69) is 9.97 Å². The Bertz CT molecular complexity index is 269. The van der Waals surface area contributed by atoms with Gasteiger partial charge in [0.2, 0.25) is 0 Å². The smallest absolute Gasteiger partial charge is 0.0787 e. The van der Waals surface area contributed by atoms with Gasteiger partial charge in [-0.05, 0) is 12.8 Å². The van der Waals surface area contributed by atoms with E-state index in [0.29, 0.717) is 12.8 Å². The van der Waals surface area contributed by atoms with Gasteiger partial charge in [-0.1, -0.05) is 0 Å². The molecular formula is C8H11N3O. The van der Waals surface area contributed by atoms with E-state index in [4.69, 9.17) is 10.8 Å². The van der Waals surface area contributed by atoms with Gasteiger partial charge in [0.05, 0.1) is 23.5 Å². The normalized spacial score (nSPS) is 34.3. The molecule has 0 bridgehead atoms. The Morgan fingerprint density at radius 3 is 2.75 bits per heavy atom. The largest absolute Gasteiger partial charge is 0.393 e. The van der Waals surface area contributed by atoms with Crippen LogP contribution in [-0.2, 0) is 5.54 Å². The summed E-state index contributed by atoms with van der Waals surface area (Å²) in [5.41, 5.74) is 6.29. The lowest BCUT2D eigenvalue weighted by Gasteiger charge is -2.41. The van der Waals surface area contributed by atoms with Crippen molar-refractivity contribution in [3.8, 4) is 0 Å². The molecule has 1 aliphatic carbocycles. The molecule has 1 heterocycles. The highest BCUT2D eigenvalue weighted by Crippen LogP contribution is 2.37. The molecule has 0 amide bonds. The minimum absolute atomic E-state index is 0.267. The number of nitrogens with zero attached hydrogens (tertiary/aromatic N) is 2. The minimum atomic E-state index is -0.437. The van der Waals surface area contributed by atoms with Crippen LogP contribution >= 0.6 is 0 Å². The van der Waals surface area contributed by atoms with Crippen LogP contribution in [0.1, 0.15) is 18.5 Å². The zero-order chi connectivity index (χ0) is 8.60. The maximum absolute atomic E-state index is 9.12. The van der Waals surface area contributed by atoms with Crippen molar-refractivity contribution >= 4 is 0 Å². The SMILES string of the molecule is NC1(c2cnccn2)CC(O)C1. The second kappa shape index (κ2) is 2.50. The Morgan fingerprint density at radius 2 is 2.25 bits per heavy atom. The third kappa shape index (κ3) is 1.09. The molecule has 0 unspecified atom stereocenters. The van der Waals surface area contributed by atoms with Crippen LogP contribution in [0.3, 0.4) is 0 Å². The van der Waals surface area contributed by atoms with E-state index in [1.54, 1.807) is 18.6 Å². The topological polar surface area (TPSA) is 72.0 Å². The number of aliphatic hydroxyl groups excluding tert-OH is 1. The average Bonchev–Trinajstić information content (AvgIpc) is 2.04. The lowest BCUT2D eigenvalue weighted by Crippen LogP contribution is -2.52. The predicted octanol–water partition coefficient (Wildman–Crippen LogP) is -0.215. The molecule has 0 saturated heterocycles. The molecule has 0 aliphatic heterocycles. The molecule has 0 aromatic carbocycles. The first-order valence-electron chi connectivity index (χ1n) is 3.94. The molecule has 1 aromatic heterocycles. The molecule has 4 heteroatoms. The third-order valence-corrected chi connectivity index (χ3v) is 2.27. The van der Waals surface area contributed by atoms with Gasteiger partial charge in [-0.25, -0.2) is 0 Å². The van der Waals surface area contributed by atoms with Gasteiger partial charge < -0.3 is 10.8 Å². The van der Waals surface area contributed by atoms with Crippen LogP contribution < -0.4 is 5.73 Å². The molecule has 1 aromatic rings. The molecule has 12 heavy (non-hydrogen) atoms. The van der Waals surface area contributed by atoms with E-state index in [0.717, 1.165) is 5.69 Å². The fourth-order valence-electron chi connectivity index (χ4n) is 1.55. The summed E-state index contributed by atoms with van der Waals surface area (Å²) in [5.74, 6) is 0. The van der Waals surface area contributed by atoms with E-state index in [-0.39, 0.29) is 6.10 Å². The lowest BCUT2D eigenvalue weighted by atomic mass is 9.73. The van der Waals surface area contributed by atoms with Crippen LogP contribution in [0.4, 0.5) is 0 Å². The van der Waals surface area contributed by atoms with Gasteiger partial charge >= 0.3 is 0 Å². The van der Waals surface area contributed by atoms with Crippen LogP contribution in [0, 0.1) is 0 Å². The van der Waals surface area contributed by atoms with Crippen molar-refractivity contribution in [2.45, 2.75) is 24.5 Å². The maximum atomic E-state index is 9.12. The molecule has 1 saturated carbocycles. The number of nitrogens with two attached hydrogens (primary N) is 1. The van der Waals surface area contributed by atoms with Crippen LogP contribution in [0.5, 0.6) is 0 Å². The first kappa shape index (κ1) is 7.64. The Labute approximate surface area is 70.5 Å². The zero-order valence-electron chi connectivity index (χ0n) is 6.64. The summed E-state index contributed by atoms with van der Waals surface area (Å²) >= 11 is 0. The summed E-state index contributed by atoms with van der Waals surface area (Å²) in [5, 5.41) is 9.12. The fraction of sp³-hybridized carbons (Fsp3) is 0.500. The van der Waals surface area contributed by atoms with Crippen molar-refractivity contribution in [3.05, 3.63) is 24.3 Å². The van der Waals surface area contributed by atoms with Crippen molar-refractivity contribution in [2.75, 3.05) is 0 Å². The van der Waals surface area contributed by atoms with Crippen molar-refractivity contribution in [1.82, 2.24) is 9.97 Å². The number of rotatable bonds is 1. The van der Waals surface area contributed by atoms with Gasteiger partial charge in [0.25, 0.3) is 0 Å². The molecule has 4 nitrogen and oxygen atoms in total. The van der Waals surface area contributed by atoms with Crippen LogP contribution in [0.2, 0.25) is 0 Å². The molecule has 3 N–H and O–H groups in total. The van der Waals surface area contributed by atoms with Gasteiger partial charge in [-0.2, -0.15) is 0 Å². The lowest BCUT2D eigenvalue weighted by molar-refractivity contribution is 0.0186. The molecule has 1 fully saturated rings. The van der Waals surface area contributed by atoms with Crippen molar-refractivity contribution in [2.24, 2.45) is 5.73 Å². The Morgan fingerprint density at radius 1 is 1.50 bits per heavy atom. The molecule has 0 spiro atoms. The highest BCUT2D eigenvalue weighted by Gasteiger charge is 2.42. The number of hydrogen-bond donors (Lipinski definition) is 2. The van der Waals surface area contributed by atoms with E-state index < -0.39 is 5.54 Å². The first-order valence-corrected chi connectivity index (χ1v) is 3.94. The summed E-state index contributed by atoms with van der Waals surface area (Å²) in [6, 6.07) is 0. The number of aliphatic hydroxyl groups is 1. The summed E-state index contributed by atoms with van der Waals surface area (Å²) in [7, 11) is 0. The molecule has 0 radical (unpaired) electrons. The van der Waals surface area contributed by atoms with Gasteiger partial charge in [0.1, 0.15) is 0 Å². The van der Waals surface area contributed by atoms with Gasteiger partial charge in [0, 0.05) is 12.4 Å². The summed E-state index contributed by atoms with van der Waals surface area (Å²) in [4.78, 5) is 8.04. The predicted molar refractivity (Wildman–Crippen MR) is 43.1 cm³/mol.